The van der Waals surface area contributed by atoms with Gasteiger partial charge in [0, 0.05) is 19.0 Å². The highest BCUT2D eigenvalue weighted by molar-refractivity contribution is 7.92. The van der Waals surface area contributed by atoms with Crippen LogP contribution in [-0.4, -0.2) is 44.0 Å². The van der Waals surface area contributed by atoms with Crippen molar-refractivity contribution in [3.8, 4) is 0 Å². The number of nitrogens with zero attached hydrogens (tertiary/aromatic N) is 1. The molecule has 0 aromatic heterocycles. The lowest BCUT2D eigenvalue weighted by Gasteiger charge is -2.30. The van der Waals surface area contributed by atoms with Crippen molar-refractivity contribution in [1.82, 2.24) is 4.90 Å². The Morgan fingerprint density at radius 1 is 1.18 bits per heavy atom. The minimum atomic E-state index is -3.64. The van der Waals surface area contributed by atoms with Crippen molar-refractivity contribution in [1.29, 1.82) is 0 Å². The molecular weight excluding hydrogens is 304 g/mol. The van der Waals surface area contributed by atoms with Crippen molar-refractivity contribution in [2.45, 2.75) is 24.7 Å². The number of hydrogen-bond acceptors (Lipinski definition) is 4. The Balaban J connectivity index is 2.00. The Labute approximate surface area is 130 Å². The minimum absolute atomic E-state index is 0.151. The van der Waals surface area contributed by atoms with E-state index in [1.165, 1.54) is 17.0 Å². The van der Waals surface area contributed by atoms with Gasteiger partial charge in [-0.3, -0.25) is 9.59 Å². The number of likely N-dealkylation sites (tertiary alicyclic amines) is 1. The summed E-state index contributed by atoms with van der Waals surface area (Å²) in [6.07, 6.45) is 0.983. The molecule has 0 radical (unpaired) electrons. The number of carbonyl (C=O) groups is 2. The second-order valence-corrected chi connectivity index (χ2v) is 7.62. The van der Waals surface area contributed by atoms with E-state index in [-0.39, 0.29) is 16.7 Å². The second kappa shape index (κ2) is 6.48. The molecule has 1 aliphatic rings. The van der Waals surface area contributed by atoms with E-state index < -0.39 is 21.5 Å². The number of rotatable bonds is 4. The Morgan fingerprint density at radius 2 is 1.73 bits per heavy atom. The molecule has 2 rings (SSSR count). The molecule has 0 spiro atoms. The number of primary amides is 1. The fraction of sp³-hybridized carbons (Fsp3) is 0.467. The Bertz CT molecular complexity index is 659. The zero-order chi connectivity index (χ0) is 16.3. The number of hydrogen-bond donors (Lipinski definition) is 1. The zero-order valence-electron chi connectivity index (χ0n) is 12.5. The van der Waals surface area contributed by atoms with Crippen molar-refractivity contribution < 1.29 is 18.0 Å². The summed E-state index contributed by atoms with van der Waals surface area (Å²) in [6.45, 7) is 2.61. The summed E-state index contributed by atoms with van der Waals surface area (Å²) in [7, 11) is -3.64. The van der Waals surface area contributed by atoms with Gasteiger partial charge in [-0.05, 0) is 31.9 Å². The van der Waals surface area contributed by atoms with E-state index in [1.54, 1.807) is 12.1 Å². The van der Waals surface area contributed by atoms with Gasteiger partial charge in [0.2, 0.25) is 11.8 Å². The second-order valence-electron chi connectivity index (χ2n) is 5.63. The molecule has 2 N–H and O–H groups in total. The number of piperidine rings is 1. The lowest BCUT2D eigenvalue weighted by Crippen LogP contribution is -2.43. The lowest BCUT2D eigenvalue weighted by molar-refractivity contribution is -0.132. The fourth-order valence-electron chi connectivity index (χ4n) is 2.50. The maximum absolute atomic E-state index is 12.2. The van der Waals surface area contributed by atoms with E-state index in [9.17, 15) is 18.0 Å². The highest BCUT2D eigenvalue weighted by Crippen LogP contribution is 2.18. The molecule has 0 saturated carbocycles. The van der Waals surface area contributed by atoms with E-state index in [2.05, 4.69) is 0 Å². The molecule has 1 saturated heterocycles. The van der Waals surface area contributed by atoms with Crippen LogP contribution < -0.4 is 5.73 Å². The standard InChI is InChI=1S/C15H20N2O4S/c1-11-2-4-13(5-3-11)22(20,21)10-14(18)17-8-6-12(7-9-17)15(16)19/h2-5,12H,6-10H2,1H3,(H2,16,19). The molecule has 1 aromatic rings. The van der Waals surface area contributed by atoms with Gasteiger partial charge in [0.1, 0.15) is 5.75 Å². The van der Waals surface area contributed by atoms with E-state index in [1.807, 2.05) is 6.92 Å². The molecular formula is C15H20N2O4S. The van der Waals surface area contributed by atoms with E-state index >= 15 is 0 Å². The minimum Gasteiger partial charge on any atom is -0.369 e. The molecule has 0 unspecified atom stereocenters. The normalized spacial score (nSPS) is 16.5. The van der Waals surface area contributed by atoms with Crippen LogP contribution in [0.3, 0.4) is 0 Å². The van der Waals surface area contributed by atoms with E-state index in [0.29, 0.717) is 25.9 Å². The molecule has 1 aliphatic heterocycles. The summed E-state index contributed by atoms with van der Waals surface area (Å²) in [6, 6.07) is 6.43. The molecule has 7 heteroatoms. The Kier molecular flexibility index (Phi) is 4.85. The number of aryl methyl sites for hydroxylation is 1. The quantitative estimate of drug-likeness (QED) is 0.871. The monoisotopic (exact) mass is 324 g/mol. The van der Waals surface area contributed by atoms with Crippen LogP contribution in [-0.2, 0) is 19.4 Å². The van der Waals surface area contributed by atoms with Crippen molar-refractivity contribution in [3.05, 3.63) is 29.8 Å². The maximum atomic E-state index is 12.2. The predicted molar refractivity (Wildman–Crippen MR) is 81.7 cm³/mol. The van der Waals surface area contributed by atoms with Crippen LogP contribution >= 0.6 is 0 Å². The van der Waals surface area contributed by atoms with Crippen LogP contribution in [0.2, 0.25) is 0 Å². The molecule has 1 heterocycles. The number of amides is 2. The fourth-order valence-corrected chi connectivity index (χ4v) is 3.72. The average molecular weight is 324 g/mol. The summed E-state index contributed by atoms with van der Waals surface area (Å²) in [4.78, 5) is 24.9. The first-order valence-electron chi connectivity index (χ1n) is 7.16. The van der Waals surface area contributed by atoms with Gasteiger partial charge in [-0.25, -0.2) is 8.42 Å². The summed E-state index contributed by atoms with van der Waals surface area (Å²) in [5.74, 6) is -1.56. The van der Waals surface area contributed by atoms with Crippen LogP contribution in [0.25, 0.3) is 0 Å². The average Bonchev–Trinajstić information content (AvgIpc) is 2.47. The van der Waals surface area contributed by atoms with Gasteiger partial charge in [0.05, 0.1) is 4.90 Å². The van der Waals surface area contributed by atoms with Gasteiger partial charge < -0.3 is 10.6 Å². The number of nitrogens with two attached hydrogens (primary N) is 1. The first-order valence-corrected chi connectivity index (χ1v) is 8.81. The molecule has 0 atom stereocenters. The smallest absolute Gasteiger partial charge is 0.238 e. The molecule has 6 nitrogen and oxygen atoms in total. The van der Waals surface area contributed by atoms with Crippen LogP contribution in [0.1, 0.15) is 18.4 Å². The summed E-state index contributed by atoms with van der Waals surface area (Å²) in [5.41, 5.74) is 6.20. The number of sulfone groups is 1. The van der Waals surface area contributed by atoms with Crippen molar-refractivity contribution in [2.75, 3.05) is 18.8 Å². The summed E-state index contributed by atoms with van der Waals surface area (Å²) in [5, 5.41) is 0. The molecule has 0 bridgehead atoms. The molecule has 2 amide bonds. The molecule has 1 fully saturated rings. The van der Waals surface area contributed by atoms with Gasteiger partial charge >= 0.3 is 0 Å². The van der Waals surface area contributed by atoms with Gasteiger partial charge in [-0.2, -0.15) is 0 Å². The summed E-state index contributed by atoms with van der Waals surface area (Å²) >= 11 is 0. The van der Waals surface area contributed by atoms with Crippen molar-refractivity contribution >= 4 is 21.7 Å². The lowest BCUT2D eigenvalue weighted by atomic mass is 9.96. The van der Waals surface area contributed by atoms with Gasteiger partial charge in [-0.15, -0.1) is 0 Å². The third-order valence-corrected chi connectivity index (χ3v) is 5.56. The third-order valence-electron chi connectivity index (χ3n) is 3.94. The van der Waals surface area contributed by atoms with Gasteiger partial charge in [-0.1, -0.05) is 17.7 Å². The first-order chi connectivity index (χ1) is 10.3. The van der Waals surface area contributed by atoms with Crippen LogP contribution in [0.4, 0.5) is 0 Å². The van der Waals surface area contributed by atoms with E-state index in [0.717, 1.165) is 5.56 Å². The highest BCUT2D eigenvalue weighted by Gasteiger charge is 2.28. The number of carbonyl (C=O) groups excluding carboxylic acids is 2. The Morgan fingerprint density at radius 3 is 2.23 bits per heavy atom. The van der Waals surface area contributed by atoms with Crippen molar-refractivity contribution in [3.63, 3.8) is 0 Å². The first kappa shape index (κ1) is 16.5. The molecule has 1 aromatic carbocycles. The third kappa shape index (κ3) is 3.85. The zero-order valence-corrected chi connectivity index (χ0v) is 13.3. The molecule has 0 aliphatic carbocycles. The maximum Gasteiger partial charge on any atom is 0.238 e. The highest BCUT2D eigenvalue weighted by atomic mass is 32.2. The van der Waals surface area contributed by atoms with Gasteiger partial charge in [0.25, 0.3) is 0 Å². The SMILES string of the molecule is Cc1ccc(S(=O)(=O)CC(=O)N2CCC(C(N)=O)CC2)cc1. The topological polar surface area (TPSA) is 97.5 Å². The van der Waals surface area contributed by atoms with Gasteiger partial charge in [0.15, 0.2) is 9.84 Å². The molecule has 22 heavy (non-hydrogen) atoms. The van der Waals surface area contributed by atoms with Crippen LogP contribution in [0.5, 0.6) is 0 Å². The molecule has 120 valence electrons. The van der Waals surface area contributed by atoms with Crippen LogP contribution in [0, 0.1) is 12.8 Å². The number of benzene rings is 1. The van der Waals surface area contributed by atoms with Crippen molar-refractivity contribution in [2.24, 2.45) is 11.7 Å². The summed E-state index contributed by atoms with van der Waals surface area (Å²) < 4.78 is 24.5. The Hall–Kier alpha value is -1.89. The van der Waals surface area contributed by atoms with Crippen LogP contribution in [0.15, 0.2) is 29.2 Å². The largest absolute Gasteiger partial charge is 0.369 e. The predicted octanol–water partition coefficient (Wildman–Crippen LogP) is 0.493. The van der Waals surface area contributed by atoms with E-state index in [4.69, 9.17) is 5.73 Å².